The number of primary amides is 1. The predicted octanol–water partition coefficient (Wildman–Crippen LogP) is 2.98. The Morgan fingerprint density at radius 2 is 1.89 bits per heavy atom. The number of carbonyl (C=O) groups excluding carboxylic acids is 2. The summed E-state index contributed by atoms with van der Waals surface area (Å²) in [7, 11) is 2.24. The molecule has 3 atom stereocenters. The highest BCUT2D eigenvalue weighted by Gasteiger charge is 2.51. The lowest BCUT2D eigenvalue weighted by molar-refractivity contribution is -0.114. The molecule has 0 aromatic heterocycles. The van der Waals surface area contributed by atoms with Gasteiger partial charge in [-0.1, -0.05) is 25.5 Å². The van der Waals surface area contributed by atoms with Crippen LogP contribution in [-0.4, -0.2) is 48.3 Å². The maximum Gasteiger partial charge on any atom is 0.258 e. The van der Waals surface area contributed by atoms with Crippen molar-refractivity contribution in [1.29, 1.82) is 0 Å². The first kappa shape index (κ1) is 18.4. The zero-order chi connectivity index (χ0) is 19.2. The number of quaternary nitrogens is 1. The van der Waals surface area contributed by atoms with Crippen molar-refractivity contribution in [2.45, 2.75) is 63.6 Å². The summed E-state index contributed by atoms with van der Waals surface area (Å²) in [6, 6.07) is 9.41. The molecule has 144 valence electrons. The summed E-state index contributed by atoms with van der Waals surface area (Å²) in [6.07, 6.45) is 8.74. The van der Waals surface area contributed by atoms with Crippen molar-refractivity contribution in [3.8, 4) is 0 Å². The van der Waals surface area contributed by atoms with Gasteiger partial charge in [0, 0.05) is 31.0 Å². The number of nitrogens with zero attached hydrogens (tertiary/aromatic N) is 2. The Morgan fingerprint density at radius 3 is 2.52 bits per heavy atom. The fourth-order valence-corrected chi connectivity index (χ4v) is 5.56. The molecule has 1 amide bonds. The topological polar surface area (TPSA) is 63.4 Å². The number of piperidine rings is 1. The SMILES string of the molecule is CCCC[N+]1(C2CC3CCC(C2)N3C)C=C(C(N)=O)C(=O)c2ccccc21. The van der Waals surface area contributed by atoms with Gasteiger partial charge in [-0.25, -0.2) is 0 Å². The van der Waals surface area contributed by atoms with Crippen LogP contribution in [0.3, 0.4) is 0 Å². The highest BCUT2D eigenvalue weighted by Crippen LogP contribution is 2.45. The molecule has 3 heterocycles. The zero-order valence-corrected chi connectivity index (χ0v) is 16.4. The van der Waals surface area contributed by atoms with Crippen molar-refractivity contribution in [3.63, 3.8) is 0 Å². The quantitative estimate of drug-likeness (QED) is 0.642. The van der Waals surface area contributed by atoms with E-state index in [1.807, 2.05) is 24.4 Å². The first-order valence-electron chi connectivity index (χ1n) is 10.2. The predicted molar refractivity (Wildman–Crippen MR) is 107 cm³/mol. The van der Waals surface area contributed by atoms with Crippen LogP contribution in [0.4, 0.5) is 5.69 Å². The van der Waals surface area contributed by atoms with E-state index in [0.29, 0.717) is 28.2 Å². The second kappa shape index (κ2) is 6.88. The van der Waals surface area contributed by atoms with Crippen LogP contribution in [0.15, 0.2) is 36.0 Å². The molecular formula is C22H30N3O2+. The first-order valence-corrected chi connectivity index (χ1v) is 10.2. The van der Waals surface area contributed by atoms with Gasteiger partial charge in [0.05, 0.1) is 12.1 Å². The Kier molecular flexibility index (Phi) is 4.68. The largest absolute Gasteiger partial charge is 0.365 e. The van der Waals surface area contributed by atoms with E-state index in [1.165, 1.54) is 12.8 Å². The summed E-state index contributed by atoms with van der Waals surface area (Å²) < 4.78 is 0.606. The van der Waals surface area contributed by atoms with E-state index in [2.05, 4.69) is 24.9 Å². The molecule has 2 saturated heterocycles. The van der Waals surface area contributed by atoms with Crippen LogP contribution < -0.4 is 10.2 Å². The molecule has 0 aliphatic carbocycles. The standard InChI is InChI=1S/C22H29N3O2/c1-3-4-11-25(17-12-15-9-10-16(13-17)24(15)2)14-19(22(23)27)21(26)18-7-5-6-8-20(18)25/h5-8,14-17H,3-4,9-13H2,1-2H3,(H-,23,27)/p+1. The van der Waals surface area contributed by atoms with Crippen LogP contribution in [-0.2, 0) is 4.79 Å². The third-order valence-electron chi connectivity index (χ3n) is 7.07. The molecule has 3 aliphatic heterocycles. The molecule has 3 unspecified atom stereocenters. The highest BCUT2D eigenvalue weighted by molar-refractivity contribution is 6.27. The Hall–Kier alpha value is -1.98. The van der Waals surface area contributed by atoms with Crippen LogP contribution >= 0.6 is 0 Å². The van der Waals surface area contributed by atoms with Crippen LogP contribution in [0.2, 0.25) is 0 Å². The van der Waals surface area contributed by atoms with Crippen LogP contribution in [0, 0.1) is 0 Å². The summed E-state index contributed by atoms with van der Waals surface area (Å²) in [4.78, 5) is 27.6. The number of unbranched alkanes of at least 4 members (excludes halogenated alkanes) is 1. The number of Topliss-reactive ketones (excluding diaryl/α,β-unsaturated/α-hetero) is 1. The fraction of sp³-hybridized carbons (Fsp3) is 0.545. The number of para-hydroxylation sites is 1. The van der Waals surface area contributed by atoms with Crippen molar-refractivity contribution >= 4 is 17.4 Å². The third-order valence-corrected chi connectivity index (χ3v) is 7.07. The minimum atomic E-state index is -0.607. The van der Waals surface area contributed by atoms with Gasteiger partial charge in [0.1, 0.15) is 23.5 Å². The van der Waals surface area contributed by atoms with Gasteiger partial charge in [-0.2, -0.15) is 0 Å². The molecule has 0 radical (unpaired) electrons. The monoisotopic (exact) mass is 368 g/mol. The Labute approximate surface area is 161 Å². The molecule has 5 nitrogen and oxygen atoms in total. The van der Waals surface area contributed by atoms with E-state index >= 15 is 0 Å². The van der Waals surface area contributed by atoms with Gasteiger partial charge in [-0.05, 0) is 32.4 Å². The fourth-order valence-electron chi connectivity index (χ4n) is 5.56. The third kappa shape index (κ3) is 2.84. The summed E-state index contributed by atoms with van der Waals surface area (Å²) in [5.41, 5.74) is 7.50. The highest BCUT2D eigenvalue weighted by atomic mass is 16.2. The molecule has 0 saturated carbocycles. The van der Waals surface area contributed by atoms with E-state index in [4.69, 9.17) is 5.73 Å². The lowest BCUT2D eigenvalue weighted by Gasteiger charge is -2.48. The molecule has 27 heavy (non-hydrogen) atoms. The number of hydrogen-bond acceptors (Lipinski definition) is 3. The number of rotatable bonds is 5. The van der Waals surface area contributed by atoms with E-state index in [1.54, 1.807) is 0 Å². The van der Waals surface area contributed by atoms with E-state index in [-0.39, 0.29) is 11.4 Å². The van der Waals surface area contributed by atoms with E-state index in [9.17, 15) is 9.59 Å². The minimum absolute atomic E-state index is 0.163. The molecule has 2 fully saturated rings. The van der Waals surface area contributed by atoms with Gasteiger partial charge in [-0.3, -0.25) is 19.0 Å². The van der Waals surface area contributed by atoms with Crippen LogP contribution in [0.1, 0.15) is 55.8 Å². The van der Waals surface area contributed by atoms with Gasteiger partial charge in [0.25, 0.3) is 5.91 Å². The van der Waals surface area contributed by atoms with E-state index < -0.39 is 5.91 Å². The van der Waals surface area contributed by atoms with Gasteiger partial charge in [0.15, 0.2) is 0 Å². The molecule has 3 aliphatic rings. The smallest absolute Gasteiger partial charge is 0.258 e. The number of benzene rings is 1. The second-order valence-electron chi connectivity index (χ2n) is 8.44. The summed E-state index contributed by atoms with van der Waals surface area (Å²) in [5, 5.41) is 0. The maximum atomic E-state index is 12.9. The maximum absolute atomic E-state index is 12.9. The minimum Gasteiger partial charge on any atom is -0.365 e. The first-order chi connectivity index (χ1) is 13.0. The molecule has 4 rings (SSSR count). The molecule has 1 aromatic rings. The molecule has 5 heteroatoms. The Morgan fingerprint density at radius 1 is 1.22 bits per heavy atom. The van der Waals surface area contributed by atoms with Gasteiger partial charge in [0.2, 0.25) is 5.78 Å². The Bertz CT molecular complexity index is 789. The van der Waals surface area contributed by atoms with Crippen LogP contribution in [0.5, 0.6) is 0 Å². The molecular weight excluding hydrogens is 338 g/mol. The van der Waals surface area contributed by atoms with Crippen molar-refractivity contribution in [2.24, 2.45) is 5.73 Å². The molecule has 2 bridgehead atoms. The summed E-state index contributed by atoms with van der Waals surface area (Å²) in [6.45, 7) is 3.10. The number of ketones is 1. The van der Waals surface area contributed by atoms with Gasteiger partial charge >= 0.3 is 0 Å². The number of amides is 1. The summed E-state index contributed by atoms with van der Waals surface area (Å²) >= 11 is 0. The lowest BCUT2D eigenvalue weighted by atomic mass is 9.88. The molecule has 0 spiro atoms. The normalized spacial score (nSPS) is 32.9. The average Bonchev–Trinajstić information content (AvgIpc) is 2.88. The van der Waals surface area contributed by atoms with Crippen molar-refractivity contribution in [2.75, 3.05) is 13.6 Å². The van der Waals surface area contributed by atoms with Crippen molar-refractivity contribution in [1.82, 2.24) is 9.38 Å². The van der Waals surface area contributed by atoms with Gasteiger partial charge in [-0.15, -0.1) is 0 Å². The van der Waals surface area contributed by atoms with Crippen LogP contribution in [0.25, 0.3) is 0 Å². The van der Waals surface area contributed by atoms with E-state index in [0.717, 1.165) is 37.9 Å². The zero-order valence-electron chi connectivity index (χ0n) is 16.4. The Balaban J connectivity index is 1.86. The number of nitrogens with two attached hydrogens (primary N) is 1. The average molecular weight is 369 g/mol. The number of fused-ring (bicyclic) bond motifs is 3. The number of carbonyl (C=O) groups is 2. The molecule has 1 aromatic carbocycles. The van der Waals surface area contributed by atoms with Crippen molar-refractivity contribution in [3.05, 3.63) is 41.6 Å². The molecule has 2 N–H and O–H groups in total. The lowest BCUT2D eigenvalue weighted by Crippen LogP contribution is -2.61. The second-order valence-corrected chi connectivity index (χ2v) is 8.44. The summed E-state index contributed by atoms with van der Waals surface area (Å²) in [5.74, 6) is -0.830. The van der Waals surface area contributed by atoms with Gasteiger partial charge < -0.3 is 5.73 Å². The number of hydrogen-bond donors (Lipinski definition) is 1. The van der Waals surface area contributed by atoms with Crippen molar-refractivity contribution < 1.29 is 9.59 Å².